The zero-order chi connectivity index (χ0) is 9.20. The summed E-state index contributed by atoms with van der Waals surface area (Å²) in [6.07, 6.45) is 0. The predicted molar refractivity (Wildman–Crippen MR) is 34.8 cm³/mol. The first-order chi connectivity index (χ1) is 5.34. The van der Waals surface area contributed by atoms with Crippen molar-refractivity contribution in [1.82, 2.24) is 5.32 Å². The molecular formula is C6H6ClF4N. The minimum atomic E-state index is -4.07. The van der Waals surface area contributed by atoms with Gasteiger partial charge in [-0.2, -0.15) is 17.6 Å². The summed E-state index contributed by atoms with van der Waals surface area (Å²) in [6.45, 7) is -0.381. The van der Waals surface area contributed by atoms with Crippen molar-refractivity contribution in [2.45, 2.75) is 16.7 Å². The van der Waals surface area contributed by atoms with Gasteiger partial charge in [-0.1, -0.05) is 0 Å². The summed E-state index contributed by atoms with van der Waals surface area (Å²) in [4.78, 5) is -2.06. The SMILES string of the molecule is FC1(F)[C@H]2CNC[C@]2(Cl)C1(F)F. The van der Waals surface area contributed by atoms with Crippen molar-refractivity contribution in [2.75, 3.05) is 13.1 Å². The van der Waals surface area contributed by atoms with Gasteiger partial charge in [0.2, 0.25) is 0 Å². The lowest BCUT2D eigenvalue weighted by atomic mass is 9.67. The molecule has 70 valence electrons. The molecule has 1 heterocycles. The summed E-state index contributed by atoms with van der Waals surface area (Å²) in [5.74, 6) is -9.45. The number of alkyl halides is 5. The smallest absolute Gasteiger partial charge is 0.314 e. The quantitative estimate of drug-likeness (QED) is 0.464. The summed E-state index contributed by atoms with van der Waals surface area (Å²) >= 11 is 5.39. The highest BCUT2D eigenvalue weighted by Crippen LogP contribution is 2.66. The van der Waals surface area contributed by atoms with Crippen molar-refractivity contribution >= 4 is 11.6 Å². The van der Waals surface area contributed by atoms with Gasteiger partial charge in [-0.25, -0.2) is 0 Å². The summed E-state index contributed by atoms with van der Waals surface area (Å²) in [5, 5.41) is 2.44. The Morgan fingerprint density at radius 2 is 1.83 bits per heavy atom. The fourth-order valence-electron chi connectivity index (χ4n) is 1.85. The van der Waals surface area contributed by atoms with Crippen LogP contribution in [0.2, 0.25) is 0 Å². The Morgan fingerprint density at radius 3 is 2.33 bits per heavy atom. The fourth-order valence-corrected chi connectivity index (χ4v) is 2.28. The maximum atomic E-state index is 12.7. The lowest BCUT2D eigenvalue weighted by molar-refractivity contribution is -0.326. The number of halogens is 5. The van der Waals surface area contributed by atoms with Gasteiger partial charge in [0, 0.05) is 13.1 Å². The van der Waals surface area contributed by atoms with Crippen molar-refractivity contribution in [2.24, 2.45) is 5.92 Å². The van der Waals surface area contributed by atoms with E-state index in [2.05, 4.69) is 5.32 Å². The van der Waals surface area contributed by atoms with E-state index in [1.807, 2.05) is 0 Å². The molecule has 2 atom stereocenters. The molecule has 0 aromatic carbocycles. The Labute approximate surface area is 71.1 Å². The van der Waals surface area contributed by atoms with Crippen molar-refractivity contribution in [3.63, 3.8) is 0 Å². The lowest BCUT2D eigenvalue weighted by Gasteiger charge is -2.52. The van der Waals surface area contributed by atoms with Crippen LogP contribution in [0.25, 0.3) is 0 Å². The van der Waals surface area contributed by atoms with Crippen molar-refractivity contribution in [3.05, 3.63) is 0 Å². The topological polar surface area (TPSA) is 12.0 Å². The van der Waals surface area contributed by atoms with Gasteiger partial charge in [-0.3, -0.25) is 0 Å². The summed E-state index contributed by atoms with van der Waals surface area (Å²) < 4.78 is 50.8. The normalized spacial score (nSPS) is 48.2. The second kappa shape index (κ2) is 1.90. The molecular weight excluding hydrogens is 198 g/mol. The van der Waals surface area contributed by atoms with E-state index >= 15 is 0 Å². The molecule has 1 N–H and O–H groups in total. The lowest BCUT2D eigenvalue weighted by Crippen LogP contribution is -2.75. The summed E-state index contributed by atoms with van der Waals surface area (Å²) in [5.41, 5.74) is 0. The van der Waals surface area contributed by atoms with Crippen LogP contribution >= 0.6 is 11.6 Å². The standard InChI is InChI=1S/C6H6ClF4N/c7-4-2-12-1-3(4)5(8,9)6(4,10)11/h3,12H,1-2H2/t3-,4+/m0/s1. The van der Waals surface area contributed by atoms with Gasteiger partial charge < -0.3 is 5.32 Å². The van der Waals surface area contributed by atoms with Crippen LogP contribution in [-0.4, -0.2) is 29.8 Å². The maximum Gasteiger partial charge on any atom is 0.331 e. The monoisotopic (exact) mass is 203 g/mol. The first-order valence-electron chi connectivity index (χ1n) is 3.49. The summed E-state index contributed by atoms with van der Waals surface area (Å²) in [7, 11) is 0. The predicted octanol–water partition coefficient (Wildman–Crippen LogP) is 1.47. The van der Waals surface area contributed by atoms with Gasteiger partial charge in [-0.05, 0) is 0 Å². The van der Waals surface area contributed by atoms with E-state index < -0.39 is 22.6 Å². The van der Waals surface area contributed by atoms with E-state index in [1.165, 1.54) is 0 Å². The molecule has 0 spiro atoms. The number of hydrogen-bond acceptors (Lipinski definition) is 1. The first-order valence-corrected chi connectivity index (χ1v) is 3.87. The summed E-state index contributed by atoms with van der Waals surface area (Å²) in [6, 6.07) is 0. The Kier molecular flexibility index (Phi) is 1.35. The first kappa shape index (κ1) is 8.56. The van der Waals surface area contributed by atoms with Gasteiger partial charge in [0.1, 0.15) is 4.87 Å². The third-order valence-electron chi connectivity index (χ3n) is 2.66. The molecule has 0 aromatic rings. The Morgan fingerprint density at radius 1 is 1.25 bits per heavy atom. The van der Waals surface area contributed by atoms with Crippen molar-refractivity contribution in [1.29, 1.82) is 0 Å². The van der Waals surface area contributed by atoms with Crippen LogP contribution in [0.1, 0.15) is 0 Å². The van der Waals surface area contributed by atoms with E-state index in [1.54, 1.807) is 0 Å². The third-order valence-corrected chi connectivity index (χ3v) is 3.30. The highest BCUT2D eigenvalue weighted by atomic mass is 35.5. The van der Waals surface area contributed by atoms with Crippen LogP contribution in [0, 0.1) is 5.92 Å². The second-order valence-corrected chi connectivity index (χ2v) is 3.92. The maximum absolute atomic E-state index is 12.7. The number of fused-ring (bicyclic) bond motifs is 1. The van der Waals surface area contributed by atoms with E-state index in [-0.39, 0.29) is 13.1 Å². The van der Waals surface area contributed by atoms with E-state index in [4.69, 9.17) is 11.6 Å². The fraction of sp³-hybridized carbons (Fsp3) is 1.00. The van der Waals surface area contributed by atoms with Gasteiger partial charge >= 0.3 is 11.8 Å². The molecule has 2 rings (SSSR count). The zero-order valence-corrected chi connectivity index (χ0v) is 6.64. The molecule has 1 saturated heterocycles. The van der Waals surface area contributed by atoms with Crippen LogP contribution in [0.15, 0.2) is 0 Å². The molecule has 6 heteroatoms. The second-order valence-electron chi connectivity index (χ2n) is 3.24. The molecule has 1 aliphatic heterocycles. The van der Waals surface area contributed by atoms with Gasteiger partial charge in [0.05, 0.1) is 5.92 Å². The highest BCUT2D eigenvalue weighted by molar-refractivity contribution is 6.26. The number of nitrogens with one attached hydrogen (secondary N) is 1. The third kappa shape index (κ3) is 0.587. The molecule has 0 amide bonds. The molecule has 0 bridgehead atoms. The Hall–Kier alpha value is -0.0300. The van der Waals surface area contributed by atoms with Crippen LogP contribution in [0.4, 0.5) is 17.6 Å². The average Bonchev–Trinajstić information content (AvgIpc) is 2.31. The van der Waals surface area contributed by atoms with Crippen molar-refractivity contribution < 1.29 is 17.6 Å². The van der Waals surface area contributed by atoms with Gasteiger partial charge in [-0.15, -0.1) is 11.6 Å². The number of hydrogen-bond donors (Lipinski definition) is 1. The van der Waals surface area contributed by atoms with Crippen LogP contribution in [0.5, 0.6) is 0 Å². The minimum Gasteiger partial charge on any atom is -0.314 e. The largest absolute Gasteiger partial charge is 0.331 e. The van der Waals surface area contributed by atoms with Crippen LogP contribution in [-0.2, 0) is 0 Å². The highest BCUT2D eigenvalue weighted by Gasteiger charge is 2.87. The molecule has 1 nitrogen and oxygen atoms in total. The molecule has 2 fully saturated rings. The Bertz CT molecular complexity index is 229. The molecule has 1 aliphatic carbocycles. The molecule has 0 unspecified atom stereocenters. The van der Waals surface area contributed by atoms with Gasteiger partial charge in [0.15, 0.2) is 0 Å². The molecule has 12 heavy (non-hydrogen) atoms. The van der Waals surface area contributed by atoms with E-state index in [0.29, 0.717) is 0 Å². The average molecular weight is 204 g/mol. The van der Waals surface area contributed by atoms with Crippen LogP contribution in [0.3, 0.4) is 0 Å². The van der Waals surface area contributed by atoms with Crippen LogP contribution < -0.4 is 5.32 Å². The molecule has 2 aliphatic rings. The van der Waals surface area contributed by atoms with E-state index in [0.717, 1.165) is 0 Å². The molecule has 0 radical (unpaired) electrons. The van der Waals surface area contributed by atoms with E-state index in [9.17, 15) is 17.6 Å². The molecule has 0 aromatic heterocycles. The Balaban J connectivity index is 2.38. The minimum absolute atomic E-state index is 0.133. The van der Waals surface area contributed by atoms with Crippen molar-refractivity contribution in [3.8, 4) is 0 Å². The zero-order valence-electron chi connectivity index (χ0n) is 5.88. The van der Waals surface area contributed by atoms with Gasteiger partial charge in [0.25, 0.3) is 0 Å². The number of rotatable bonds is 0. The molecule has 1 saturated carbocycles.